The van der Waals surface area contributed by atoms with Crippen molar-refractivity contribution in [2.45, 2.75) is 25.9 Å². The SMILES string of the molecule is COCCC(NC(=O)c1cccc(-c2ccc3c(c2)C=NC3)c1)c1cccc(C)c1. The minimum absolute atomic E-state index is 0.0813. The Bertz CT molecular complexity index is 1090. The lowest BCUT2D eigenvalue weighted by Crippen LogP contribution is -2.29. The van der Waals surface area contributed by atoms with Gasteiger partial charge in [0.05, 0.1) is 12.6 Å². The molecular formula is C26H26N2O2. The molecule has 3 aromatic carbocycles. The third-order valence-electron chi connectivity index (χ3n) is 5.46. The third-order valence-corrected chi connectivity index (χ3v) is 5.46. The van der Waals surface area contributed by atoms with Gasteiger partial charge in [0.1, 0.15) is 0 Å². The van der Waals surface area contributed by atoms with E-state index in [-0.39, 0.29) is 11.9 Å². The van der Waals surface area contributed by atoms with Crippen molar-refractivity contribution in [3.63, 3.8) is 0 Å². The van der Waals surface area contributed by atoms with Crippen LogP contribution in [0.3, 0.4) is 0 Å². The number of amides is 1. The molecule has 1 N–H and O–H groups in total. The van der Waals surface area contributed by atoms with Gasteiger partial charge in [-0.1, -0.05) is 54.1 Å². The molecule has 1 amide bonds. The smallest absolute Gasteiger partial charge is 0.251 e. The first-order valence-corrected chi connectivity index (χ1v) is 10.2. The fourth-order valence-corrected chi connectivity index (χ4v) is 3.81. The maximum Gasteiger partial charge on any atom is 0.251 e. The van der Waals surface area contributed by atoms with Gasteiger partial charge in [-0.3, -0.25) is 9.79 Å². The third kappa shape index (κ3) is 4.50. The molecule has 1 unspecified atom stereocenters. The highest BCUT2D eigenvalue weighted by Crippen LogP contribution is 2.26. The highest BCUT2D eigenvalue weighted by molar-refractivity contribution is 5.96. The van der Waals surface area contributed by atoms with Crippen molar-refractivity contribution in [1.82, 2.24) is 5.32 Å². The van der Waals surface area contributed by atoms with Gasteiger partial charge in [-0.15, -0.1) is 0 Å². The Morgan fingerprint density at radius 2 is 1.90 bits per heavy atom. The van der Waals surface area contributed by atoms with Crippen LogP contribution in [0.1, 0.15) is 45.1 Å². The molecule has 4 heteroatoms. The summed E-state index contributed by atoms with van der Waals surface area (Å²) in [6.45, 7) is 3.39. The average Bonchev–Trinajstić information content (AvgIpc) is 3.24. The fourth-order valence-electron chi connectivity index (χ4n) is 3.81. The second-order valence-corrected chi connectivity index (χ2v) is 7.69. The maximum absolute atomic E-state index is 13.1. The van der Waals surface area contributed by atoms with Gasteiger partial charge in [0, 0.05) is 25.5 Å². The number of rotatable bonds is 7. The van der Waals surface area contributed by atoms with Crippen molar-refractivity contribution in [3.05, 3.63) is 94.5 Å². The average molecular weight is 399 g/mol. The number of hydrogen-bond donors (Lipinski definition) is 1. The quantitative estimate of drug-likeness (QED) is 0.602. The van der Waals surface area contributed by atoms with E-state index in [1.807, 2.05) is 36.5 Å². The van der Waals surface area contributed by atoms with Crippen molar-refractivity contribution < 1.29 is 9.53 Å². The van der Waals surface area contributed by atoms with Crippen LogP contribution in [0.15, 0.2) is 71.7 Å². The van der Waals surface area contributed by atoms with Crippen LogP contribution in [-0.4, -0.2) is 25.8 Å². The summed E-state index contributed by atoms with van der Waals surface area (Å²) in [5.74, 6) is -0.0813. The Morgan fingerprint density at radius 1 is 1.07 bits per heavy atom. The van der Waals surface area contributed by atoms with Crippen LogP contribution < -0.4 is 5.32 Å². The number of nitrogens with one attached hydrogen (secondary N) is 1. The number of ether oxygens (including phenoxy) is 1. The predicted octanol–water partition coefficient (Wildman–Crippen LogP) is 5.10. The second kappa shape index (κ2) is 9.06. The number of methoxy groups -OCH3 is 1. The standard InChI is InChI=1S/C26H26N2O2/c1-18-5-3-7-21(13-18)25(11-12-30-2)28-26(29)22-8-4-6-19(14-22)20-9-10-23-16-27-17-24(23)15-20/h3-10,13-15,17,25H,11-12,16H2,1-2H3,(H,28,29). The molecule has 0 bridgehead atoms. The molecular weight excluding hydrogens is 372 g/mol. The van der Waals surface area contributed by atoms with E-state index in [2.05, 4.69) is 53.6 Å². The summed E-state index contributed by atoms with van der Waals surface area (Å²) in [7, 11) is 1.68. The molecule has 1 heterocycles. The minimum Gasteiger partial charge on any atom is -0.385 e. The molecule has 1 aliphatic heterocycles. The van der Waals surface area contributed by atoms with Crippen LogP contribution in [0.25, 0.3) is 11.1 Å². The molecule has 0 spiro atoms. The van der Waals surface area contributed by atoms with E-state index in [1.165, 1.54) is 11.1 Å². The van der Waals surface area contributed by atoms with E-state index >= 15 is 0 Å². The lowest BCUT2D eigenvalue weighted by atomic mass is 9.98. The molecule has 0 radical (unpaired) electrons. The molecule has 0 fully saturated rings. The minimum atomic E-state index is -0.0998. The van der Waals surface area contributed by atoms with Gasteiger partial charge in [0.15, 0.2) is 0 Å². The van der Waals surface area contributed by atoms with Gasteiger partial charge < -0.3 is 10.1 Å². The number of aryl methyl sites for hydroxylation is 1. The number of nitrogens with zero attached hydrogens (tertiary/aromatic N) is 1. The van der Waals surface area contributed by atoms with Gasteiger partial charge in [0.2, 0.25) is 0 Å². The molecule has 0 aliphatic carbocycles. The van der Waals surface area contributed by atoms with Crippen molar-refractivity contribution >= 4 is 12.1 Å². The summed E-state index contributed by atoms with van der Waals surface area (Å²) in [5.41, 5.74) is 7.42. The number of carbonyl (C=O) groups excluding carboxylic acids is 1. The predicted molar refractivity (Wildman–Crippen MR) is 121 cm³/mol. The van der Waals surface area contributed by atoms with Crippen LogP contribution in [0, 0.1) is 6.92 Å². The number of hydrogen-bond acceptors (Lipinski definition) is 3. The lowest BCUT2D eigenvalue weighted by molar-refractivity contribution is 0.0924. The molecule has 1 aliphatic rings. The molecule has 0 saturated carbocycles. The van der Waals surface area contributed by atoms with Crippen molar-refractivity contribution in [3.8, 4) is 11.1 Å². The Balaban J connectivity index is 1.56. The van der Waals surface area contributed by atoms with Crippen LogP contribution in [0.5, 0.6) is 0 Å². The molecule has 152 valence electrons. The zero-order chi connectivity index (χ0) is 20.9. The highest BCUT2D eigenvalue weighted by atomic mass is 16.5. The van der Waals surface area contributed by atoms with E-state index in [0.29, 0.717) is 12.2 Å². The highest BCUT2D eigenvalue weighted by Gasteiger charge is 2.17. The normalized spacial score (nSPS) is 13.1. The Kier molecular flexibility index (Phi) is 6.05. The maximum atomic E-state index is 13.1. The molecule has 4 nitrogen and oxygen atoms in total. The first kappa shape index (κ1) is 20.0. The van der Waals surface area contributed by atoms with E-state index < -0.39 is 0 Å². The zero-order valence-electron chi connectivity index (χ0n) is 17.4. The summed E-state index contributed by atoms with van der Waals surface area (Å²) in [4.78, 5) is 17.4. The largest absolute Gasteiger partial charge is 0.385 e. The van der Waals surface area contributed by atoms with E-state index in [4.69, 9.17) is 4.74 Å². The van der Waals surface area contributed by atoms with Gasteiger partial charge in [-0.25, -0.2) is 0 Å². The van der Waals surface area contributed by atoms with Crippen LogP contribution in [-0.2, 0) is 11.3 Å². The molecule has 4 rings (SSSR count). The van der Waals surface area contributed by atoms with Crippen molar-refractivity contribution in [2.75, 3.05) is 13.7 Å². The monoisotopic (exact) mass is 398 g/mol. The van der Waals surface area contributed by atoms with Crippen molar-refractivity contribution in [2.24, 2.45) is 4.99 Å². The molecule has 0 saturated heterocycles. The summed E-state index contributed by atoms with van der Waals surface area (Å²) in [6, 6.07) is 22.3. The summed E-state index contributed by atoms with van der Waals surface area (Å²) >= 11 is 0. The number of benzene rings is 3. The van der Waals surface area contributed by atoms with Crippen LogP contribution >= 0.6 is 0 Å². The fraction of sp³-hybridized carbons (Fsp3) is 0.231. The molecule has 0 aromatic heterocycles. The van der Waals surface area contributed by atoms with E-state index in [9.17, 15) is 4.79 Å². The summed E-state index contributed by atoms with van der Waals surface area (Å²) in [5, 5.41) is 3.19. The first-order valence-electron chi connectivity index (χ1n) is 10.2. The Hall–Kier alpha value is -3.24. The Morgan fingerprint density at radius 3 is 2.73 bits per heavy atom. The number of carbonyl (C=O) groups is 1. The number of aliphatic imine (C=N–C) groups is 1. The van der Waals surface area contributed by atoms with Crippen LogP contribution in [0.4, 0.5) is 0 Å². The second-order valence-electron chi connectivity index (χ2n) is 7.69. The molecule has 3 aromatic rings. The lowest BCUT2D eigenvalue weighted by Gasteiger charge is -2.20. The summed E-state index contributed by atoms with van der Waals surface area (Å²) in [6.07, 6.45) is 2.63. The van der Waals surface area contributed by atoms with Gasteiger partial charge in [-0.2, -0.15) is 0 Å². The molecule has 1 atom stereocenters. The first-order chi connectivity index (χ1) is 14.6. The zero-order valence-corrected chi connectivity index (χ0v) is 17.4. The van der Waals surface area contributed by atoms with Gasteiger partial charge >= 0.3 is 0 Å². The van der Waals surface area contributed by atoms with Gasteiger partial charge in [-0.05, 0) is 59.4 Å². The van der Waals surface area contributed by atoms with Crippen molar-refractivity contribution in [1.29, 1.82) is 0 Å². The van der Waals surface area contributed by atoms with Crippen LogP contribution in [0.2, 0.25) is 0 Å². The topological polar surface area (TPSA) is 50.7 Å². The number of fused-ring (bicyclic) bond motifs is 1. The summed E-state index contributed by atoms with van der Waals surface area (Å²) < 4.78 is 5.26. The van der Waals surface area contributed by atoms with E-state index in [1.54, 1.807) is 7.11 Å². The van der Waals surface area contributed by atoms with E-state index in [0.717, 1.165) is 35.2 Å². The Labute approximate surface area is 177 Å². The molecule has 30 heavy (non-hydrogen) atoms. The van der Waals surface area contributed by atoms with Gasteiger partial charge in [0.25, 0.3) is 5.91 Å².